The third kappa shape index (κ3) is 2.03. The molecule has 1 aliphatic rings. The van der Waals surface area contributed by atoms with Crippen molar-refractivity contribution in [1.29, 1.82) is 0 Å². The maximum absolute atomic E-state index is 13.5. The minimum Gasteiger partial charge on any atom is -0.391 e. The van der Waals surface area contributed by atoms with Gasteiger partial charge in [0.25, 0.3) is 0 Å². The molecule has 16 heavy (non-hydrogen) atoms. The fraction of sp³-hybridized carbons (Fsp3) is 0.500. The van der Waals surface area contributed by atoms with Crippen LogP contribution in [-0.2, 0) is 11.3 Å². The number of ether oxygens (including phenoxy) is 1. The number of rotatable bonds is 3. The monoisotopic (exact) mass is 225 g/mol. The van der Waals surface area contributed by atoms with Crippen LogP contribution in [0.15, 0.2) is 18.2 Å². The highest BCUT2D eigenvalue weighted by Gasteiger charge is 2.24. The summed E-state index contributed by atoms with van der Waals surface area (Å²) in [6, 6.07) is 4.88. The van der Waals surface area contributed by atoms with Crippen LogP contribution < -0.4 is 4.90 Å². The Hall–Kier alpha value is -1.13. The summed E-state index contributed by atoms with van der Waals surface area (Å²) >= 11 is 0. The average molecular weight is 225 g/mol. The zero-order chi connectivity index (χ0) is 11.5. The molecule has 0 spiro atoms. The lowest BCUT2D eigenvalue weighted by Gasteiger charge is -2.21. The predicted molar refractivity (Wildman–Crippen MR) is 59.9 cm³/mol. The molecule has 0 amide bonds. The van der Waals surface area contributed by atoms with Crippen molar-refractivity contribution in [3.8, 4) is 0 Å². The predicted octanol–water partition coefficient (Wildman–Crippen LogP) is 1.54. The van der Waals surface area contributed by atoms with E-state index in [1.807, 2.05) is 6.07 Å². The average Bonchev–Trinajstić information content (AvgIpc) is 2.77. The highest BCUT2D eigenvalue weighted by atomic mass is 19.1. The van der Waals surface area contributed by atoms with Crippen molar-refractivity contribution in [1.82, 2.24) is 0 Å². The van der Waals surface area contributed by atoms with Crippen LogP contribution in [0, 0.1) is 5.82 Å². The molecule has 0 bridgehead atoms. The largest absolute Gasteiger partial charge is 0.391 e. The zero-order valence-corrected chi connectivity index (χ0v) is 9.32. The fourth-order valence-electron chi connectivity index (χ4n) is 2.14. The first-order chi connectivity index (χ1) is 7.76. The van der Waals surface area contributed by atoms with Crippen LogP contribution in [0.4, 0.5) is 10.1 Å². The summed E-state index contributed by atoms with van der Waals surface area (Å²) in [5.74, 6) is -0.346. The first-order valence-electron chi connectivity index (χ1n) is 5.42. The van der Waals surface area contributed by atoms with Gasteiger partial charge in [0.05, 0.1) is 12.7 Å². The van der Waals surface area contributed by atoms with Crippen molar-refractivity contribution in [3.63, 3.8) is 0 Å². The van der Waals surface area contributed by atoms with E-state index in [0.717, 1.165) is 25.2 Å². The van der Waals surface area contributed by atoms with Gasteiger partial charge < -0.3 is 14.7 Å². The zero-order valence-electron chi connectivity index (χ0n) is 9.32. The molecule has 1 atom stereocenters. The van der Waals surface area contributed by atoms with Crippen molar-refractivity contribution < 1.29 is 14.2 Å². The standard InChI is InChI=1S/C12H16FNO2/c1-16-9-5-6-14(7-9)12-4-2-3-11(13)10(12)8-15/h2-4,9,15H,5-8H2,1H3. The van der Waals surface area contributed by atoms with E-state index >= 15 is 0 Å². The van der Waals surface area contributed by atoms with Gasteiger partial charge in [-0.1, -0.05) is 6.07 Å². The van der Waals surface area contributed by atoms with Crippen LogP contribution in [0.5, 0.6) is 0 Å². The molecule has 4 heteroatoms. The lowest BCUT2D eigenvalue weighted by Crippen LogP contribution is -2.23. The number of halogens is 1. The molecule has 0 aromatic heterocycles. The maximum Gasteiger partial charge on any atom is 0.130 e. The summed E-state index contributed by atoms with van der Waals surface area (Å²) in [7, 11) is 1.69. The minimum atomic E-state index is -0.346. The number of aliphatic hydroxyl groups excluding tert-OH is 1. The van der Waals surface area contributed by atoms with Crippen molar-refractivity contribution in [2.75, 3.05) is 25.1 Å². The molecule has 1 aliphatic heterocycles. The molecule has 1 N–H and O–H groups in total. The first kappa shape index (κ1) is 11.4. The Morgan fingerprint density at radius 3 is 3.00 bits per heavy atom. The summed E-state index contributed by atoms with van der Waals surface area (Å²) in [6.07, 6.45) is 1.15. The van der Waals surface area contributed by atoms with Crippen LogP contribution >= 0.6 is 0 Å². The van der Waals surface area contributed by atoms with Gasteiger partial charge in [-0.3, -0.25) is 0 Å². The van der Waals surface area contributed by atoms with E-state index in [1.165, 1.54) is 6.07 Å². The van der Waals surface area contributed by atoms with E-state index in [0.29, 0.717) is 5.56 Å². The number of hydrogen-bond acceptors (Lipinski definition) is 3. The molecule has 1 aromatic carbocycles. The number of aliphatic hydroxyl groups is 1. The molecular weight excluding hydrogens is 209 g/mol. The first-order valence-corrected chi connectivity index (χ1v) is 5.42. The van der Waals surface area contributed by atoms with Gasteiger partial charge in [0.15, 0.2) is 0 Å². The van der Waals surface area contributed by atoms with Gasteiger partial charge in [-0.25, -0.2) is 4.39 Å². The highest BCUT2D eigenvalue weighted by Crippen LogP contribution is 2.27. The second kappa shape index (κ2) is 4.80. The number of hydrogen-bond donors (Lipinski definition) is 1. The summed E-state index contributed by atoms with van der Waals surface area (Å²) < 4.78 is 18.7. The minimum absolute atomic E-state index is 0.204. The Labute approximate surface area is 94.4 Å². The van der Waals surface area contributed by atoms with E-state index in [1.54, 1.807) is 13.2 Å². The van der Waals surface area contributed by atoms with E-state index in [9.17, 15) is 9.50 Å². The third-order valence-electron chi connectivity index (χ3n) is 3.07. The molecule has 1 unspecified atom stereocenters. The molecule has 2 rings (SSSR count). The van der Waals surface area contributed by atoms with Crippen LogP contribution in [-0.4, -0.2) is 31.4 Å². The SMILES string of the molecule is COC1CCN(c2cccc(F)c2CO)C1. The van der Waals surface area contributed by atoms with Crippen molar-refractivity contribution in [2.45, 2.75) is 19.1 Å². The van der Waals surface area contributed by atoms with Gasteiger partial charge in [-0.2, -0.15) is 0 Å². The lowest BCUT2D eigenvalue weighted by molar-refractivity contribution is 0.121. The highest BCUT2D eigenvalue weighted by molar-refractivity contribution is 5.54. The van der Waals surface area contributed by atoms with Crippen LogP contribution in [0.3, 0.4) is 0 Å². The van der Waals surface area contributed by atoms with Crippen LogP contribution in [0.25, 0.3) is 0 Å². The molecule has 88 valence electrons. The smallest absolute Gasteiger partial charge is 0.130 e. The Morgan fingerprint density at radius 1 is 1.56 bits per heavy atom. The van der Waals surface area contributed by atoms with Crippen molar-refractivity contribution in [3.05, 3.63) is 29.6 Å². The van der Waals surface area contributed by atoms with Gasteiger partial charge in [-0.05, 0) is 18.6 Å². The summed E-state index contributed by atoms with van der Waals surface area (Å²) in [6.45, 7) is 1.33. The van der Waals surface area contributed by atoms with E-state index < -0.39 is 0 Å². The summed E-state index contributed by atoms with van der Waals surface area (Å²) in [4.78, 5) is 2.06. The Bertz CT molecular complexity index is 370. The van der Waals surface area contributed by atoms with Crippen LogP contribution in [0.1, 0.15) is 12.0 Å². The lowest BCUT2D eigenvalue weighted by atomic mass is 10.1. The molecular formula is C12H16FNO2. The van der Waals surface area contributed by atoms with Gasteiger partial charge >= 0.3 is 0 Å². The molecule has 1 saturated heterocycles. The fourth-order valence-corrected chi connectivity index (χ4v) is 2.14. The van der Waals surface area contributed by atoms with E-state index in [4.69, 9.17) is 4.74 Å². The third-order valence-corrected chi connectivity index (χ3v) is 3.07. The Balaban J connectivity index is 2.24. The normalized spacial score (nSPS) is 20.4. The van der Waals surface area contributed by atoms with E-state index in [2.05, 4.69) is 4.90 Å². The van der Waals surface area contributed by atoms with Gasteiger partial charge in [0, 0.05) is 31.5 Å². The summed E-state index contributed by atoms with van der Waals surface area (Å²) in [5.41, 5.74) is 1.15. The molecule has 0 radical (unpaired) electrons. The number of benzene rings is 1. The van der Waals surface area contributed by atoms with E-state index in [-0.39, 0.29) is 18.5 Å². The second-order valence-electron chi connectivity index (χ2n) is 3.99. The van der Waals surface area contributed by atoms with Gasteiger partial charge in [-0.15, -0.1) is 0 Å². The molecule has 1 aromatic rings. The number of anilines is 1. The van der Waals surface area contributed by atoms with Crippen molar-refractivity contribution in [2.24, 2.45) is 0 Å². The second-order valence-corrected chi connectivity index (χ2v) is 3.99. The molecule has 3 nitrogen and oxygen atoms in total. The number of nitrogens with zero attached hydrogens (tertiary/aromatic N) is 1. The number of methoxy groups -OCH3 is 1. The van der Waals surface area contributed by atoms with Crippen molar-refractivity contribution >= 4 is 5.69 Å². The van der Waals surface area contributed by atoms with Crippen LogP contribution in [0.2, 0.25) is 0 Å². The molecule has 0 aliphatic carbocycles. The summed E-state index contributed by atoms with van der Waals surface area (Å²) in [5, 5.41) is 9.18. The quantitative estimate of drug-likeness (QED) is 0.847. The Morgan fingerprint density at radius 2 is 2.38 bits per heavy atom. The molecule has 1 fully saturated rings. The topological polar surface area (TPSA) is 32.7 Å². The van der Waals surface area contributed by atoms with Gasteiger partial charge in [0.2, 0.25) is 0 Å². The van der Waals surface area contributed by atoms with Gasteiger partial charge in [0.1, 0.15) is 5.82 Å². The Kier molecular flexibility index (Phi) is 3.41. The molecule has 1 heterocycles. The molecule has 0 saturated carbocycles. The maximum atomic E-state index is 13.5.